The van der Waals surface area contributed by atoms with Crippen LogP contribution >= 0.6 is 0 Å². The summed E-state index contributed by atoms with van der Waals surface area (Å²) in [5.41, 5.74) is -4.76. The van der Waals surface area contributed by atoms with Crippen LogP contribution in [-0.4, -0.2) is 87.2 Å². The van der Waals surface area contributed by atoms with Gasteiger partial charge in [0.05, 0.1) is 18.6 Å². The van der Waals surface area contributed by atoms with Crippen molar-refractivity contribution >= 4 is 35.8 Å². The Morgan fingerprint density at radius 2 is 0.909 bits per heavy atom. The Labute approximate surface area is 256 Å². The first-order valence-corrected chi connectivity index (χ1v) is 13.0. The van der Waals surface area contributed by atoms with Crippen LogP contribution in [0.25, 0.3) is 0 Å². The van der Waals surface area contributed by atoms with Crippen LogP contribution < -0.4 is 0 Å². The van der Waals surface area contributed by atoms with Gasteiger partial charge in [0.1, 0.15) is 43.5 Å². The molecule has 0 spiro atoms. The van der Waals surface area contributed by atoms with E-state index in [2.05, 4.69) is 39.5 Å². The standard InChI is InChI=1S/C31H40O13/c1-10-23(32)39-17-30(18-40-24(33)11-2,19-41-25(34)12-3)16-38-20-31(21-42-26(35)13-4,22(7)43-27(36)14-5)29(8,9)44-28(37)15-6/h10-15,22H,1-6,16-21H2,7-9H3. The second-order valence-corrected chi connectivity index (χ2v) is 9.82. The fourth-order valence-corrected chi connectivity index (χ4v) is 3.65. The molecule has 0 N–H and O–H groups in total. The molecule has 0 rings (SSSR count). The summed E-state index contributed by atoms with van der Waals surface area (Å²) in [7, 11) is 0. The molecule has 44 heavy (non-hydrogen) atoms. The first-order valence-electron chi connectivity index (χ1n) is 13.0. The maximum atomic E-state index is 12.3. The van der Waals surface area contributed by atoms with Gasteiger partial charge in [-0.1, -0.05) is 39.5 Å². The Hall–Kier alpha value is -4.78. The third-order valence-electron chi connectivity index (χ3n) is 6.43. The second kappa shape index (κ2) is 18.7. The number of ether oxygens (including phenoxy) is 7. The Balaban J connectivity index is 6.88. The van der Waals surface area contributed by atoms with E-state index in [1.807, 2.05) is 0 Å². The molecule has 0 bridgehead atoms. The van der Waals surface area contributed by atoms with Gasteiger partial charge in [0, 0.05) is 36.5 Å². The molecule has 0 aromatic heterocycles. The average Bonchev–Trinajstić information content (AvgIpc) is 3.01. The van der Waals surface area contributed by atoms with Crippen molar-refractivity contribution in [2.75, 3.05) is 39.6 Å². The maximum absolute atomic E-state index is 12.3. The monoisotopic (exact) mass is 620 g/mol. The smallest absolute Gasteiger partial charge is 0.330 e. The van der Waals surface area contributed by atoms with Gasteiger partial charge in [-0.3, -0.25) is 0 Å². The molecule has 13 heteroatoms. The lowest BCUT2D eigenvalue weighted by Gasteiger charge is -2.48. The fourth-order valence-electron chi connectivity index (χ4n) is 3.65. The van der Waals surface area contributed by atoms with E-state index in [1.54, 1.807) is 0 Å². The molecule has 13 nitrogen and oxygen atoms in total. The van der Waals surface area contributed by atoms with Crippen molar-refractivity contribution in [1.29, 1.82) is 0 Å². The van der Waals surface area contributed by atoms with Crippen molar-refractivity contribution in [2.45, 2.75) is 32.5 Å². The number of hydrogen-bond donors (Lipinski definition) is 0. The molecule has 0 radical (unpaired) electrons. The molecule has 0 fully saturated rings. The minimum absolute atomic E-state index is 0.447. The van der Waals surface area contributed by atoms with Gasteiger partial charge >= 0.3 is 35.8 Å². The van der Waals surface area contributed by atoms with Crippen LogP contribution in [0.2, 0.25) is 0 Å². The summed E-state index contributed by atoms with van der Waals surface area (Å²) < 4.78 is 38.1. The molecule has 0 aliphatic rings. The minimum atomic E-state index is -1.64. The van der Waals surface area contributed by atoms with Crippen molar-refractivity contribution in [3.8, 4) is 0 Å². The van der Waals surface area contributed by atoms with Gasteiger partial charge in [-0.2, -0.15) is 0 Å². The van der Waals surface area contributed by atoms with Gasteiger partial charge in [0.2, 0.25) is 0 Å². The molecule has 0 saturated heterocycles. The summed E-state index contributed by atoms with van der Waals surface area (Å²) in [6.45, 7) is 21.6. The van der Waals surface area contributed by atoms with Crippen molar-refractivity contribution < 1.29 is 61.9 Å². The zero-order valence-corrected chi connectivity index (χ0v) is 25.3. The van der Waals surface area contributed by atoms with E-state index in [0.29, 0.717) is 0 Å². The molecule has 0 saturated carbocycles. The largest absolute Gasteiger partial charge is 0.462 e. The molecule has 0 amide bonds. The van der Waals surface area contributed by atoms with Crippen LogP contribution in [0.4, 0.5) is 0 Å². The van der Waals surface area contributed by atoms with E-state index in [-0.39, 0.29) is 0 Å². The Bertz CT molecular complexity index is 1070. The van der Waals surface area contributed by atoms with Crippen LogP contribution in [-0.2, 0) is 61.9 Å². The predicted octanol–water partition coefficient (Wildman–Crippen LogP) is 2.52. The van der Waals surface area contributed by atoms with Gasteiger partial charge < -0.3 is 33.2 Å². The van der Waals surface area contributed by atoms with E-state index in [0.717, 1.165) is 36.5 Å². The van der Waals surface area contributed by atoms with Crippen molar-refractivity contribution in [3.05, 3.63) is 75.9 Å². The lowest BCUT2D eigenvalue weighted by Crippen LogP contribution is -2.60. The highest BCUT2D eigenvalue weighted by Crippen LogP contribution is 2.41. The van der Waals surface area contributed by atoms with Crippen molar-refractivity contribution in [1.82, 2.24) is 0 Å². The Kier molecular flexibility index (Phi) is 16.7. The minimum Gasteiger partial charge on any atom is -0.462 e. The first kappa shape index (κ1) is 39.2. The van der Waals surface area contributed by atoms with Gasteiger partial charge in [-0.05, 0) is 20.8 Å². The summed E-state index contributed by atoms with van der Waals surface area (Å²) in [6, 6.07) is 0. The van der Waals surface area contributed by atoms with E-state index in [4.69, 9.17) is 33.2 Å². The van der Waals surface area contributed by atoms with E-state index in [1.165, 1.54) is 20.8 Å². The first-order chi connectivity index (χ1) is 20.6. The molecule has 0 aliphatic carbocycles. The van der Waals surface area contributed by atoms with Gasteiger partial charge in [-0.25, -0.2) is 28.8 Å². The summed E-state index contributed by atoms with van der Waals surface area (Å²) >= 11 is 0. The second-order valence-electron chi connectivity index (χ2n) is 9.82. The fraction of sp³-hybridized carbons (Fsp3) is 0.419. The van der Waals surface area contributed by atoms with Crippen LogP contribution in [0.5, 0.6) is 0 Å². The number of carbonyl (C=O) groups is 6. The van der Waals surface area contributed by atoms with Crippen molar-refractivity contribution in [2.24, 2.45) is 10.8 Å². The quantitative estimate of drug-likeness (QED) is 0.0985. The zero-order chi connectivity index (χ0) is 34.0. The summed E-state index contributed by atoms with van der Waals surface area (Å²) in [5, 5.41) is 0. The van der Waals surface area contributed by atoms with E-state index < -0.39 is 98.0 Å². The molecule has 0 aromatic rings. The number of carbonyl (C=O) groups excluding carboxylic acids is 6. The molecular weight excluding hydrogens is 580 g/mol. The van der Waals surface area contributed by atoms with E-state index >= 15 is 0 Å². The molecule has 0 heterocycles. The van der Waals surface area contributed by atoms with Gasteiger partial charge in [0.15, 0.2) is 0 Å². The Morgan fingerprint density at radius 1 is 0.545 bits per heavy atom. The molecule has 0 aromatic carbocycles. The Morgan fingerprint density at radius 3 is 1.27 bits per heavy atom. The van der Waals surface area contributed by atoms with Crippen LogP contribution in [0.3, 0.4) is 0 Å². The highest BCUT2D eigenvalue weighted by Gasteiger charge is 2.55. The lowest BCUT2D eigenvalue weighted by molar-refractivity contribution is -0.215. The highest BCUT2D eigenvalue weighted by molar-refractivity contribution is 5.83. The van der Waals surface area contributed by atoms with Crippen LogP contribution in [0.1, 0.15) is 20.8 Å². The average molecular weight is 621 g/mol. The summed E-state index contributed by atoms with van der Waals surface area (Å²) in [6.07, 6.45) is 4.21. The number of hydrogen-bond acceptors (Lipinski definition) is 13. The lowest BCUT2D eigenvalue weighted by atomic mass is 9.70. The van der Waals surface area contributed by atoms with Crippen LogP contribution in [0, 0.1) is 10.8 Å². The molecular formula is C31H40O13. The summed E-state index contributed by atoms with van der Waals surface area (Å²) in [5.74, 6) is -5.07. The maximum Gasteiger partial charge on any atom is 0.330 e. The third kappa shape index (κ3) is 12.2. The van der Waals surface area contributed by atoms with Crippen LogP contribution in [0.15, 0.2) is 75.9 Å². The molecule has 0 aliphatic heterocycles. The SMILES string of the molecule is C=CC(=O)OCC(COCC(COC(=O)C=C)(C(C)OC(=O)C=C)C(C)(C)OC(=O)C=C)(COC(=O)C=C)COC(=O)C=C. The number of esters is 6. The molecule has 2 unspecified atom stereocenters. The van der Waals surface area contributed by atoms with Gasteiger partial charge in [-0.15, -0.1) is 0 Å². The highest BCUT2D eigenvalue weighted by atomic mass is 16.6. The summed E-state index contributed by atoms with van der Waals surface area (Å²) in [4.78, 5) is 72.5. The predicted molar refractivity (Wildman–Crippen MR) is 156 cm³/mol. The normalized spacial score (nSPS) is 12.9. The number of rotatable bonds is 22. The topological polar surface area (TPSA) is 167 Å². The van der Waals surface area contributed by atoms with Crippen molar-refractivity contribution in [3.63, 3.8) is 0 Å². The third-order valence-corrected chi connectivity index (χ3v) is 6.43. The van der Waals surface area contributed by atoms with E-state index in [9.17, 15) is 28.8 Å². The van der Waals surface area contributed by atoms with Gasteiger partial charge in [0.25, 0.3) is 0 Å². The molecule has 2 atom stereocenters. The zero-order valence-electron chi connectivity index (χ0n) is 25.3. The molecule has 242 valence electrons.